The molecule has 3 aromatic carbocycles. The van der Waals surface area contributed by atoms with Gasteiger partial charge in [0.2, 0.25) is 17.7 Å². The molecule has 8 N–H and O–H groups in total. The second-order valence-electron chi connectivity index (χ2n) is 13.8. The first-order chi connectivity index (χ1) is 26.8. The number of aromatic amines is 1. The molecule has 0 spiro atoms. The van der Waals surface area contributed by atoms with Gasteiger partial charge in [-0.05, 0) is 91.2 Å². The van der Waals surface area contributed by atoms with Gasteiger partial charge in [-0.2, -0.15) is 0 Å². The summed E-state index contributed by atoms with van der Waals surface area (Å²) in [6, 6.07) is 23.1. The number of nitrogens with zero attached hydrogens (tertiary/aromatic N) is 2. The molecule has 3 atom stereocenters. The third kappa shape index (κ3) is 9.75. The number of carbonyl (C=O) groups is 3. The van der Waals surface area contributed by atoms with Crippen molar-refractivity contribution >= 4 is 52.0 Å². The zero-order valence-corrected chi connectivity index (χ0v) is 32.6. The number of aromatic nitrogens is 2. The number of unbranched alkanes of at least 4 members (excludes halogenated alkanes) is 1. The SMILES string of the molecule is CN1C(=O)[C@H](CCCCN)NC(=O)[C@H](CCCN)NCc2cccnc2Sc2c(Cl)ccc(-c3ccccc3)c2CNC(=O)[C@@H]1Cc1c[nH]c2ccccc12. The van der Waals surface area contributed by atoms with Crippen LogP contribution in [0.1, 0.15) is 48.8 Å². The molecule has 55 heavy (non-hydrogen) atoms. The molecule has 6 rings (SSSR count). The van der Waals surface area contributed by atoms with E-state index in [9.17, 15) is 14.4 Å². The number of pyridine rings is 1. The average molecular weight is 781 g/mol. The van der Waals surface area contributed by atoms with Gasteiger partial charge in [0.15, 0.2) is 0 Å². The summed E-state index contributed by atoms with van der Waals surface area (Å²) in [6.45, 7) is 1.33. The van der Waals surface area contributed by atoms with Crippen molar-refractivity contribution in [3.63, 3.8) is 0 Å². The van der Waals surface area contributed by atoms with Crippen LogP contribution in [0.2, 0.25) is 5.02 Å². The molecular weight excluding hydrogens is 732 g/mol. The van der Waals surface area contributed by atoms with Crippen molar-refractivity contribution in [2.24, 2.45) is 11.5 Å². The van der Waals surface area contributed by atoms with Gasteiger partial charge in [0.1, 0.15) is 17.1 Å². The predicted molar refractivity (Wildman–Crippen MR) is 219 cm³/mol. The Morgan fingerprint density at radius 3 is 2.42 bits per heavy atom. The number of amides is 3. The molecule has 11 nitrogen and oxygen atoms in total. The summed E-state index contributed by atoms with van der Waals surface area (Å²) in [5.74, 6) is -1.01. The van der Waals surface area contributed by atoms with E-state index >= 15 is 0 Å². The van der Waals surface area contributed by atoms with Crippen molar-refractivity contribution in [1.29, 1.82) is 0 Å². The monoisotopic (exact) mass is 780 g/mol. The lowest BCUT2D eigenvalue weighted by Gasteiger charge is -2.32. The van der Waals surface area contributed by atoms with Gasteiger partial charge in [-0.3, -0.25) is 14.4 Å². The van der Waals surface area contributed by atoms with Gasteiger partial charge in [-0.1, -0.05) is 84.0 Å². The van der Waals surface area contributed by atoms with E-state index in [1.54, 1.807) is 13.2 Å². The Balaban J connectivity index is 1.46. The van der Waals surface area contributed by atoms with Crippen LogP contribution >= 0.6 is 23.4 Å². The van der Waals surface area contributed by atoms with Crippen LogP contribution in [-0.2, 0) is 33.9 Å². The van der Waals surface area contributed by atoms with Crippen molar-refractivity contribution in [3.05, 3.63) is 113 Å². The number of likely N-dealkylation sites (N-methyl/N-ethyl adjacent to an activating group) is 1. The molecule has 3 amide bonds. The van der Waals surface area contributed by atoms with Gasteiger partial charge in [0.05, 0.1) is 11.1 Å². The van der Waals surface area contributed by atoms with Crippen LogP contribution in [0.3, 0.4) is 0 Å². The highest BCUT2D eigenvalue weighted by Gasteiger charge is 2.34. The standard InChI is InChI=1S/C42H49ClN8O3S/c1-51-37(23-29-25-47-34-15-6-5-14-31(29)34)40(53)49-26-32-30(27-11-3-2-4-12-27)18-19-33(43)38(32)55-41-28(13-10-22-46-41)24-48-35(17-9-21-45)39(52)50-36(42(51)54)16-7-8-20-44/h2-6,10-15,18-19,22,25,35-37,47-48H,7-9,16-17,20-21,23-24,26,44-45H2,1H3,(H,49,53)(H,50,52)/t35-,36-,37-/m0/s1. The maximum Gasteiger partial charge on any atom is 0.245 e. The van der Waals surface area contributed by atoms with Crippen LogP contribution in [0.4, 0.5) is 0 Å². The Labute approximate surface area is 331 Å². The molecule has 0 aliphatic carbocycles. The maximum atomic E-state index is 14.6. The number of H-pyrrole nitrogens is 1. The largest absolute Gasteiger partial charge is 0.361 e. The smallest absolute Gasteiger partial charge is 0.245 e. The molecule has 1 aliphatic rings. The number of halogens is 1. The molecule has 0 saturated carbocycles. The Morgan fingerprint density at radius 1 is 0.855 bits per heavy atom. The van der Waals surface area contributed by atoms with Crippen LogP contribution in [0.15, 0.2) is 101 Å². The zero-order valence-electron chi connectivity index (χ0n) is 31.0. The van der Waals surface area contributed by atoms with E-state index in [0.29, 0.717) is 61.8 Å². The first-order valence-corrected chi connectivity index (χ1v) is 20.0. The number of benzene rings is 3. The fraction of sp³-hybridized carbons (Fsp3) is 0.333. The van der Waals surface area contributed by atoms with Crippen molar-refractivity contribution in [1.82, 2.24) is 30.8 Å². The molecule has 13 heteroatoms. The van der Waals surface area contributed by atoms with Crippen LogP contribution in [-0.4, -0.2) is 70.9 Å². The van der Waals surface area contributed by atoms with Gasteiger partial charge in [0.25, 0.3) is 0 Å². The summed E-state index contributed by atoms with van der Waals surface area (Å²) in [5.41, 5.74) is 17.1. The molecule has 1 aliphatic heterocycles. The summed E-state index contributed by atoms with van der Waals surface area (Å²) < 4.78 is 0. The van der Waals surface area contributed by atoms with Crippen LogP contribution in [0.25, 0.3) is 22.0 Å². The number of fused-ring (bicyclic) bond motifs is 3. The van der Waals surface area contributed by atoms with Crippen LogP contribution < -0.4 is 27.4 Å². The fourth-order valence-corrected chi connectivity index (χ4v) is 8.37. The number of nitrogens with two attached hydrogens (primary N) is 2. The van der Waals surface area contributed by atoms with Crippen molar-refractivity contribution in [3.8, 4) is 11.1 Å². The molecule has 288 valence electrons. The number of para-hydroxylation sites is 1. The van der Waals surface area contributed by atoms with Crippen LogP contribution in [0.5, 0.6) is 0 Å². The second-order valence-corrected chi connectivity index (χ2v) is 15.2. The van der Waals surface area contributed by atoms with E-state index in [1.165, 1.54) is 16.7 Å². The highest BCUT2D eigenvalue weighted by atomic mass is 35.5. The lowest BCUT2D eigenvalue weighted by atomic mass is 9.98. The predicted octanol–water partition coefficient (Wildman–Crippen LogP) is 5.54. The minimum absolute atomic E-state index is 0.136. The molecule has 0 saturated heterocycles. The third-order valence-electron chi connectivity index (χ3n) is 10.1. The Bertz CT molecular complexity index is 2090. The van der Waals surface area contributed by atoms with Gasteiger partial charge in [-0.25, -0.2) is 4.98 Å². The number of carbonyl (C=O) groups excluding carboxylic acids is 3. The van der Waals surface area contributed by atoms with Crippen molar-refractivity contribution < 1.29 is 14.4 Å². The van der Waals surface area contributed by atoms with E-state index in [-0.39, 0.29) is 30.7 Å². The molecule has 0 unspecified atom stereocenters. The first-order valence-electron chi connectivity index (χ1n) is 18.8. The summed E-state index contributed by atoms with van der Waals surface area (Å²) in [7, 11) is 1.64. The molecule has 0 bridgehead atoms. The van der Waals surface area contributed by atoms with E-state index < -0.39 is 18.1 Å². The molecular formula is C42H49ClN8O3S. The van der Waals surface area contributed by atoms with E-state index in [0.717, 1.165) is 43.6 Å². The highest BCUT2D eigenvalue weighted by molar-refractivity contribution is 7.99. The van der Waals surface area contributed by atoms with Crippen LogP contribution in [0, 0.1) is 0 Å². The number of rotatable bonds is 10. The van der Waals surface area contributed by atoms with Gasteiger partial charge in [0, 0.05) is 54.8 Å². The second kappa shape index (κ2) is 19.2. The summed E-state index contributed by atoms with van der Waals surface area (Å²) in [6.07, 6.45) is 6.59. The van der Waals surface area contributed by atoms with E-state index in [4.69, 9.17) is 28.1 Å². The Kier molecular flexibility index (Phi) is 14.0. The average Bonchev–Trinajstić information content (AvgIpc) is 3.62. The number of hydrogen-bond acceptors (Lipinski definition) is 8. The Morgan fingerprint density at radius 2 is 1.62 bits per heavy atom. The summed E-state index contributed by atoms with van der Waals surface area (Å²) >= 11 is 8.43. The highest BCUT2D eigenvalue weighted by Crippen LogP contribution is 2.41. The van der Waals surface area contributed by atoms with Crippen molar-refractivity contribution in [2.45, 2.75) is 79.7 Å². The van der Waals surface area contributed by atoms with E-state index in [1.807, 2.05) is 85.1 Å². The molecule has 0 fully saturated rings. The quantitative estimate of drug-likeness (QED) is 0.100. The molecule has 2 aromatic heterocycles. The first kappa shape index (κ1) is 40.0. The summed E-state index contributed by atoms with van der Waals surface area (Å²) in [4.78, 5) is 53.6. The molecule has 0 radical (unpaired) electrons. The lowest BCUT2D eigenvalue weighted by Crippen LogP contribution is -2.57. The van der Waals surface area contributed by atoms with Gasteiger partial charge in [-0.15, -0.1) is 0 Å². The number of hydrogen-bond donors (Lipinski definition) is 6. The molecule has 5 aromatic rings. The molecule has 3 heterocycles. The van der Waals surface area contributed by atoms with Crippen molar-refractivity contribution in [2.75, 3.05) is 20.1 Å². The minimum atomic E-state index is -0.916. The van der Waals surface area contributed by atoms with Gasteiger partial charge >= 0.3 is 0 Å². The number of nitrogens with one attached hydrogen (secondary N) is 4. The maximum absolute atomic E-state index is 14.6. The lowest BCUT2D eigenvalue weighted by molar-refractivity contribution is -0.142. The normalized spacial score (nSPS) is 18.7. The minimum Gasteiger partial charge on any atom is -0.361 e. The third-order valence-corrected chi connectivity index (χ3v) is 11.8. The van der Waals surface area contributed by atoms with E-state index in [2.05, 4.69) is 20.9 Å². The summed E-state index contributed by atoms with van der Waals surface area (Å²) in [5, 5.41) is 11.9. The zero-order chi connectivity index (χ0) is 38.7. The Hall–Kier alpha value is -4.72. The fourth-order valence-electron chi connectivity index (χ4n) is 7.03. The van der Waals surface area contributed by atoms with Gasteiger partial charge < -0.3 is 37.3 Å². The topological polar surface area (TPSA) is 171 Å².